The lowest BCUT2D eigenvalue weighted by molar-refractivity contribution is 0.0115. The highest BCUT2D eigenvalue weighted by molar-refractivity contribution is 5.92. The molecule has 0 bridgehead atoms. The van der Waals surface area contributed by atoms with Crippen molar-refractivity contribution in [3.05, 3.63) is 102 Å². The molecule has 0 aliphatic carbocycles. The minimum atomic E-state index is -2.63. The highest BCUT2D eigenvalue weighted by Crippen LogP contribution is 2.32. The zero-order valence-electron chi connectivity index (χ0n) is 21.9. The van der Waals surface area contributed by atoms with Gasteiger partial charge in [0.25, 0.3) is 5.92 Å². The summed E-state index contributed by atoms with van der Waals surface area (Å²) in [6, 6.07) is 18.0. The Morgan fingerprint density at radius 3 is 2.67 bits per heavy atom. The van der Waals surface area contributed by atoms with Crippen LogP contribution in [-0.4, -0.2) is 44.1 Å². The normalized spacial score (nSPS) is 15.0. The zero-order chi connectivity index (χ0) is 27.9. The second-order valence-corrected chi connectivity index (χ2v) is 10.2. The molecule has 202 valence electrons. The topological polar surface area (TPSA) is 69.7 Å². The van der Waals surface area contributed by atoms with E-state index in [9.17, 15) is 13.2 Å². The summed E-state index contributed by atoms with van der Waals surface area (Å²) in [6.45, 7) is 6.75. The molecule has 1 aliphatic heterocycles. The van der Waals surface area contributed by atoms with Gasteiger partial charge < -0.3 is 5.32 Å². The number of fused-ring (bicyclic) bond motifs is 1. The molecule has 1 aliphatic rings. The molecule has 1 fully saturated rings. The van der Waals surface area contributed by atoms with Crippen LogP contribution in [0, 0.1) is 12.7 Å². The SMILES string of the molecule is C=C(Nc1cccc(-c2ccc(F)cc2)c1C)c1n[nH]c2ccc(-c3cncc(CN4CCC(F)(F)C4)c3)nc12. The van der Waals surface area contributed by atoms with E-state index < -0.39 is 5.92 Å². The van der Waals surface area contributed by atoms with E-state index in [-0.39, 0.29) is 18.8 Å². The maximum absolute atomic E-state index is 13.6. The summed E-state index contributed by atoms with van der Waals surface area (Å²) >= 11 is 0. The molecule has 0 radical (unpaired) electrons. The van der Waals surface area contributed by atoms with Gasteiger partial charge in [-0.25, -0.2) is 18.2 Å². The Kier molecular flexibility index (Phi) is 6.59. The molecule has 40 heavy (non-hydrogen) atoms. The van der Waals surface area contributed by atoms with E-state index in [2.05, 4.69) is 27.1 Å². The molecule has 3 aromatic heterocycles. The predicted octanol–water partition coefficient (Wildman–Crippen LogP) is 7.06. The Morgan fingerprint density at radius 2 is 1.90 bits per heavy atom. The van der Waals surface area contributed by atoms with Crippen molar-refractivity contribution >= 4 is 22.4 Å². The number of benzene rings is 2. The molecule has 6 nitrogen and oxygen atoms in total. The average Bonchev–Trinajstić information content (AvgIpc) is 3.52. The van der Waals surface area contributed by atoms with Crippen molar-refractivity contribution in [1.82, 2.24) is 25.1 Å². The van der Waals surface area contributed by atoms with Gasteiger partial charge in [-0.05, 0) is 65.6 Å². The number of rotatable bonds is 7. The van der Waals surface area contributed by atoms with Gasteiger partial charge in [0, 0.05) is 43.2 Å². The molecule has 9 heteroatoms. The van der Waals surface area contributed by atoms with E-state index in [0.29, 0.717) is 35.7 Å². The second kappa shape index (κ2) is 10.2. The molecule has 0 saturated carbocycles. The standard InChI is InChI=1S/C31H27F3N6/c1-19-25(22-6-8-24(32)9-7-22)4-3-5-26(19)36-20(2)29-30-28(38-39-29)11-10-27(37-30)23-14-21(15-35-16-23)17-40-13-12-31(33,34)18-40/h3-11,14-16,36H,2,12-13,17-18H2,1H3,(H,38,39). The van der Waals surface area contributed by atoms with Crippen LogP contribution < -0.4 is 5.32 Å². The van der Waals surface area contributed by atoms with Crippen molar-refractivity contribution in [2.24, 2.45) is 0 Å². The van der Waals surface area contributed by atoms with E-state index in [1.165, 1.54) is 12.1 Å². The number of anilines is 1. The quantitative estimate of drug-likeness (QED) is 0.231. The monoisotopic (exact) mass is 540 g/mol. The van der Waals surface area contributed by atoms with E-state index in [4.69, 9.17) is 4.98 Å². The molecule has 1 saturated heterocycles. The van der Waals surface area contributed by atoms with Crippen LogP contribution in [0.15, 0.2) is 79.6 Å². The van der Waals surface area contributed by atoms with E-state index in [0.717, 1.165) is 39.0 Å². The van der Waals surface area contributed by atoms with Crippen LogP contribution in [0.1, 0.15) is 23.2 Å². The molecule has 6 rings (SSSR count). The summed E-state index contributed by atoms with van der Waals surface area (Å²) in [6.07, 6.45) is 3.30. The number of hydrogen-bond acceptors (Lipinski definition) is 5. The molecule has 0 amide bonds. The van der Waals surface area contributed by atoms with Gasteiger partial charge in [-0.2, -0.15) is 5.10 Å². The molecule has 2 aromatic carbocycles. The summed E-state index contributed by atoms with van der Waals surface area (Å²) in [5.41, 5.74) is 8.61. The lowest BCUT2D eigenvalue weighted by Crippen LogP contribution is -2.24. The lowest BCUT2D eigenvalue weighted by atomic mass is 9.99. The van der Waals surface area contributed by atoms with Crippen LogP contribution in [0.3, 0.4) is 0 Å². The zero-order valence-corrected chi connectivity index (χ0v) is 21.9. The number of likely N-dealkylation sites (tertiary alicyclic amines) is 1. The largest absolute Gasteiger partial charge is 0.354 e. The van der Waals surface area contributed by atoms with Gasteiger partial charge in [-0.1, -0.05) is 30.8 Å². The molecule has 2 N–H and O–H groups in total. The van der Waals surface area contributed by atoms with Gasteiger partial charge in [0.1, 0.15) is 17.0 Å². The smallest absolute Gasteiger partial charge is 0.261 e. The number of pyridine rings is 2. The number of H-pyrrole nitrogens is 1. The number of alkyl halides is 2. The van der Waals surface area contributed by atoms with Gasteiger partial charge in [0.15, 0.2) is 0 Å². The lowest BCUT2D eigenvalue weighted by Gasteiger charge is -2.15. The van der Waals surface area contributed by atoms with Crippen molar-refractivity contribution < 1.29 is 13.2 Å². The minimum absolute atomic E-state index is 0.115. The summed E-state index contributed by atoms with van der Waals surface area (Å²) in [5.74, 6) is -2.91. The van der Waals surface area contributed by atoms with E-state index in [1.807, 2.05) is 43.3 Å². The fourth-order valence-corrected chi connectivity index (χ4v) is 5.12. The minimum Gasteiger partial charge on any atom is -0.354 e. The number of aromatic amines is 1. The van der Waals surface area contributed by atoms with Crippen LogP contribution in [0.25, 0.3) is 39.1 Å². The third-order valence-electron chi connectivity index (χ3n) is 7.21. The summed E-state index contributed by atoms with van der Waals surface area (Å²) in [5, 5.41) is 10.8. The third-order valence-corrected chi connectivity index (χ3v) is 7.21. The summed E-state index contributed by atoms with van der Waals surface area (Å²) in [7, 11) is 0. The number of aromatic nitrogens is 4. The van der Waals surface area contributed by atoms with E-state index >= 15 is 0 Å². The molecule has 0 spiro atoms. The third kappa shape index (κ3) is 5.20. The number of nitrogens with zero attached hydrogens (tertiary/aromatic N) is 4. The Hall–Kier alpha value is -4.50. The van der Waals surface area contributed by atoms with Crippen LogP contribution in [-0.2, 0) is 6.54 Å². The fraction of sp³-hybridized carbons (Fsp3) is 0.194. The van der Waals surface area contributed by atoms with Gasteiger partial charge in [0.2, 0.25) is 0 Å². The van der Waals surface area contributed by atoms with Crippen molar-refractivity contribution in [3.8, 4) is 22.4 Å². The van der Waals surface area contributed by atoms with Gasteiger partial charge in [-0.3, -0.25) is 15.0 Å². The number of hydrogen-bond donors (Lipinski definition) is 2. The average molecular weight is 541 g/mol. The first-order valence-corrected chi connectivity index (χ1v) is 13.0. The molecule has 4 heterocycles. The van der Waals surface area contributed by atoms with Crippen LogP contribution in [0.2, 0.25) is 0 Å². The molecule has 0 unspecified atom stereocenters. The molecule has 5 aromatic rings. The Labute approximate surface area is 229 Å². The van der Waals surface area contributed by atoms with Crippen LogP contribution >= 0.6 is 0 Å². The predicted molar refractivity (Wildman–Crippen MR) is 151 cm³/mol. The maximum atomic E-state index is 13.6. The Morgan fingerprint density at radius 1 is 1.07 bits per heavy atom. The molecular weight excluding hydrogens is 513 g/mol. The van der Waals surface area contributed by atoms with Gasteiger partial charge >= 0.3 is 0 Å². The number of halogens is 3. The van der Waals surface area contributed by atoms with E-state index in [1.54, 1.807) is 29.4 Å². The van der Waals surface area contributed by atoms with Crippen molar-refractivity contribution in [2.75, 3.05) is 18.4 Å². The summed E-state index contributed by atoms with van der Waals surface area (Å²) < 4.78 is 40.7. The van der Waals surface area contributed by atoms with Gasteiger partial charge in [0.05, 0.1) is 23.5 Å². The first-order chi connectivity index (χ1) is 19.3. The molecular formula is C31H27F3N6. The fourth-order valence-electron chi connectivity index (χ4n) is 5.12. The Balaban J connectivity index is 1.25. The first-order valence-electron chi connectivity index (χ1n) is 13.0. The Bertz CT molecular complexity index is 1710. The van der Waals surface area contributed by atoms with Crippen molar-refractivity contribution in [2.45, 2.75) is 25.8 Å². The highest BCUT2D eigenvalue weighted by Gasteiger charge is 2.37. The second-order valence-electron chi connectivity index (χ2n) is 10.2. The van der Waals surface area contributed by atoms with Gasteiger partial charge in [-0.15, -0.1) is 0 Å². The first kappa shape index (κ1) is 25.8. The number of nitrogens with one attached hydrogen (secondary N) is 2. The molecule has 0 atom stereocenters. The van der Waals surface area contributed by atoms with Crippen LogP contribution in [0.5, 0.6) is 0 Å². The highest BCUT2D eigenvalue weighted by atomic mass is 19.3. The van der Waals surface area contributed by atoms with Crippen molar-refractivity contribution in [1.29, 1.82) is 0 Å². The summed E-state index contributed by atoms with van der Waals surface area (Å²) in [4.78, 5) is 10.9. The maximum Gasteiger partial charge on any atom is 0.261 e. The van der Waals surface area contributed by atoms with Crippen molar-refractivity contribution in [3.63, 3.8) is 0 Å². The van der Waals surface area contributed by atoms with Crippen LogP contribution in [0.4, 0.5) is 18.9 Å².